The lowest BCUT2D eigenvalue weighted by Crippen LogP contribution is -2.30. The Morgan fingerprint density at radius 2 is 2.15 bits per heavy atom. The molecule has 1 aromatic rings. The fourth-order valence-electron chi connectivity index (χ4n) is 1.08. The molecular weight excluding hydrogens is 184 g/mol. The van der Waals surface area contributed by atoms with Gasteiger partial charge in [-0.1, -0.05) is 29.8 Å². The molecule has 0 aromatic heterocycles. The van der Waals surface area contributed by atoms with Crippen LogP contribution >= 0.6 is 11.6 Å². The zero-order valence-electron chi connectivity index (χ0n) is 7.76. The molecule has 1 atom stereocenters. The van der Waals surface area contributed by atoms with E-state index in [2.05, 4.69) is 5.32 Å². The Balaban J connectivity index is 2.41. The van der Waals surface area contributed by atoms with E-state index < -0.39 is 0 Å². The Hall–Kier alpha value is -0.570. The zero-order chi connectivity index (χ0) is 9.68. The Labute approximate surface area is 84.1 Å². The summed E-state index contributed by atoms with van der Waals surface area (Å²) in [6, 6.07) is 8.00. The van der Waals surface area contributed by atoms with Crippen molar-refractivity contribution in [1.82, 2.24) is 5.32 Å². The van der Waals surface area contributed by atoms with E-state index in [4.69, 9.17) is 17.3 Å². The highest BCUT2D eigenvalue weighted by Gasteiger charge is 1.98. The van der Waals surface area contributed by atoms with Crippen molar-refractivity contribution >= 4 is 11.6 Å². The summed E-state index contributed by atoms with van der Waals surface area (Å²) in [7, 11) is 0. The summed E-state index contributed by atoms with van der Waals surface area (Å²) in [6.45, 7) is 3.56. The summed E-state index contributed by atoms with van der Waals surface area (Å²) in [4.78, 5) is 0. The van der Waals surface area contributed by atoms with Crippen molar-refractivity contribution in [1.29, 1.82) is 0 Å². The Morgan fingerprint density at radius 3 is 2.77 bits per heavy atom. The van der Waals surface area contributed by atoms with Crippen LogP contribution in [-0.2, 0) is 6.54 Å². The minimum Gasteiger partial charge on any atom is -0.327 e. The molecule has 0 aliphatic heterocycles. The van der Waals surface area contributed by atoms with Crippen LogP contribution in [0.15, 0.2) is 24.3 Å². The normalized spacial score (nSPS) is 12.8. The summed E-state index contributed by atoms with van der Waals surface area (Å²) in [5, 5.41) is 4.04. The maximum atomic E-state index is 5.97. The van der Waals surface area contributed by atoms with Crippen LogP contribution in [0.5, 0.6) is 0 Å². The summed E-state index contributed by atoms with van der Waals surface area (Å²) in [5.74, 6) is 0. The molecule has 13 heavy (non-hydrogen) atoms. The van der Waals surface area contributed by atoms with Crippen molar-refractivity contribution in [3.05, 3.63) is 34.9 Å². The molecule has 2 nitrogen and oxygen atoms in total. The molecule has 3 N–H and O–H groups in total. The summed E-state index contributed by atoms with van der Waals surface area (Å²) in [5.41, 5.74) is 6.71. The number of hydrogen-bond acceptors (Lipinski definition) is 2. The fraction of sp³-hybridized carbons (Fsp3) is 0.400. The Bertz CT molecular complexity index is 261. The second-order valence-electron chi connectivity index (χ2n) is 3.20. The van der Waals surface area contributed by atoms with Crippen LogP contribution in [0.4, 0.5) is 0 Å². The van der Waals surface area contributed by atoms with E-state index in [0.29, 0.717) is 0 Å². The van der Waals surface area contributed by atoms with Crippen LogP contribution in [0.3, 0.4) is 0 Å². The van der Waals surface area contributed by atoms with Crippen molar-refractivity contribution in [2.24, 2.45) is 5.73 Å². The third kappa shape index (κ3) is 3.77. The quantitative estimate of drug-likeness (QED) is 0.774. The predicted octanol–water partition coefficient (Wildman–Crippen LogP) is 1.78. The molecule has 0 aliphatic carbocycles. The van der Waals surface area contributed by atoms with Gasteiger partial charge in [-0.2, -0.15) is 0 Å². The molecule has 0 saturated heterocycles. The fourth-order valence-corrected chi connectivity index (χ4v) is 1.28. The average molecular weight is 199 g/mol. The molecule has 1 unspecified atom stereocenters. The van der Waals surface area contributed by atoms with Gasteiger partial charge in [0.2, 0.25) is 0 Å². The first kappa shape index (κ1) is 10.5. The maximum absolute atomic E-state index is 5.97. The minimum absolute atomic E-state index is 0.183. The molecule has 0 fully saturated rings. The van der Waals surface area contributed by atoms with Gasteiger partial charge in [0.05, 0.1) is 0 Å². The largest absolute Gasteiger partial charge is 0.327 e. The van der Waals surface area contributed by atoms with Gasteiger partial charge in [-0.15, -0.1) is 0 Å². The van der Waals surface area contributed by atoms with E-state index >= 15 is 0 Å². The van der Waals surface area contributed by atoms with E-state index in [1.807, 2.05) is 31.2 Å². The molecule has 0 amide bonds. The van der Waals surface area contributed by atoms with Crippen molar-refractivity contribution in [2.75, 3.05) is 6.54 Å². The molecule has 0 saturated carbocycles. The van der Waals surface area contributed by atoms with Gasteiger partial charge in [0.1, 0.15) is 0 Å². The predicted molar refractivity (Wildman–Crippen MR) is 56.8 cm³/mol. The number of benzene rings is 1. The average Bonchev–Trinajstić information content (AvgIpc) is 2.08. The van der Waals surface area contributed by atoms with Crippen LogP contribution < -0.4 is 11.1 Å². The number of nitrogens with one attached hydrogen (secondary N) is 1. The lowest BCUT2D eigenvalue weighted by atomic mass is 10.2. The minimum atomic E-state index is 0.183. The van der Waals surface area contributed by atoms with Gasteiger partial charge in [-0.25, -0.2) is 0 Å². The van der Waals surface area contributed by atoms with Crippen LogP contribution in [0.25, 0.3) is 0 Å². The molecule has 72 valence electrons. The highest BCUT2D eigenvalue weighted by molar-refractivity contribution is 6.31. The first-order chi connectivity index (χ1) is 6.20. The molecule has 0 bridgehead atoms. The van der Waals surface area contributed by atoms with E-state index in [1.165, 1.54) is 0 Å². The van der Waals surface area contributed by atoms with Crippen molar-refractivity contribution in [3.8, 4) is 0 Å². The monoisotopic (exact) mass is 198 g/mol. The number of hydrogen-bond donors (Lipinski definition) is 2. The van der Waals surface area contributed by atoms with E-state index in [1.54, 1.807) is 0 Å². The Morgan fingerprint density at radius 1 is 1.46 bits per heavy atom. The van der Waals surface area contributed by atoms with Crippen LogP contribution in [0.1, 0.15) is 12.5 Å². The lowest BCUT2D eigenvalue weighted by molar-refractivity contribution is 0.608. The van der Waals surface area contributed by atoms with Gasteiger partial charge in [-0.05, 0) is 18.6 Å². The van der Waals surface area contributed by atoms with E-state index in [-0.39, 0.29) is 6.04 Å². The third-order valence-electron chi connectivity index (χ3n) is 1.74. The second kappa shape index (κ2) is 5.22. The molecule has 0 spiro atoms. The van der Waals surface area contributed by atoms with Gasteiger partial charge in [-0.3, -0.25) is 0 Å². The molecular formula is C10H15ClN2. The molecule has 1 rings (SSSR count). The highest BCUT2D eigenvalue weighted by atomic mass is 35.5. The molecule has 1 aromatic carbocycles. The second-order valence-corrected chi connectivity index (χ2v) is 3.61. The topological polar surface area (TPSA) is 38.0 Å². The number of halogens is 1. The van der Waals surface area contributed by atoms with Gasteiger partial charge < -0.3 is 11.1 Å². The summed E-state index contributed by atoms with van der Waals surface area (Å²) < 4.78 is 0. The Kier molecular flexibility index (Phi) is 4.22. The molecule has 0 heterocycles. The standard InChI is InChI=1S/C10H15ClN2/c1-8(12)6-13-7-9-4-2-3-5-10(9)11/h2-5,8,13H,6-7,12H2,1H3. The van der Waals surface area contributed by atoms with Gasteiger partial charge in [0, 0.05) is 24.2 Å². The zero-order valence-corrected chi connectivity index (χ0v) is 8.51. The number of rotatable bonds is 4. The van der Waals surface area contributed by atoms with Crippen LogP contribution in [0.2, 0.25) is 5.02 Å². The third-order valence-corrected chi connectivity index (χ3v) is 2.11. The SMILES string of the molecule is CC(N)CNCc1ccccc1Cl. The van der Waals surface area contributed by atoms with Gasteiger partial charge in [0.25, 0.3) is 0 Å². The first-order valence-electron chi connectivity index (χ1n) is 4.40. The highest BCUT2D eigenvalue weighted by Crippen LogP contribution is 2.13. The van der Waals surface area contributed by atoms with E-state index in [0.717, 1.165) is 23.7 Å². The van der Waals surface area contributed by atoms with Crippen molar-refractivity contribution in [2.45, 2.75) is 19.5 Å². The first-order valence-corrected chi connectivity index (χ1v) is 4.77. The van der Waals surface area contributed by atoms with Crippen molar-refractivity contribution in [3.63, 3.8) is 0 Å². The lowest BCUT2D eigenvalue weighted by Gasteiger charge is -2.08. The smallest absolute Gasteiger partial charge is 0.0450 e. The van der Waals surface area contributed by atoms with E-state index in [9.17, 15) is 0 Å². The molecule has 0 radical (unpaired) electrons. The van der Waals surface area contributed by atoms with Gasteiger partial charge >= 0.3 is 0 Å². The van der Waals surface area contributed by atoms with Crippen LogP contribution in [-0.4, -0.2) is 12.6 Å². The van der Waals surface area contributed by atoms with Crippen molar-refractivity contribution < 1.29 is 0 Å². The molecule has 3 heteroatoms. The number of nitrogens with two attached hydrogens (primary N) is 1. The molecule has 0 aliphatic rings. The summed E-state index contributed by atoms with van der Waals surface area (Å²) in [6.07, 6.45) is 0. The van der Waals surface area contributed by atoms with Crippen LogP contribution in [0, 0.1) is 0 Å². The maximum Gasteiger partial charge on any atom is 0.0450 e. The summed E-state index contributed by atoms with van der Waals surface area (Å²) >= 11 is 5.97. The van der Waals surface area contributed by atoms with Gasteiger partial charge in [0.15, 0.2) is 0 Å².